The highest BCUT2D eigenvalue weighted by Gasteiger charge is 2.37. The first-order valence-corrected chi connectivity index (χ1v) is 10.3. The van der Waals surface area contributed by atoms with E-state index in [1.54, 1.807) is 11.3 Å². The third-order valence-corrected chi connectivity index (χ3v) is 6.13. The number of nitrogens with one attached hydrogen (secondary N) is 1. The zero-order valence-corrected chi connectivity index (χ0v) is 16.6. The van der Waals surface area contributed by atoms with E-state index in [-0.39, 0.29) is 12.6 Å². The Morgan fingerprint density at radius 1 is 1.03 bits per heavy atom. The van der Waals surface area contributed by atoms with Crippen molar-refractivity contribution < 1.29 is 31.1 Å². The summed E-state index contributed by atoms with van der Waals surface area (Å²) in [6.45, 7) is 2.26. The van der Waals surface area contributed by atoms with Gasteiger partial charge in [-0.15, -0.1) is 11.3 Å². The molecule has 0 radical (unpaired) electrons. The summed E-state index contributed by atoms with van der Waals surface area (Å²) in [5, 5.41) is 4.47. The zero-order chi connectivity index (χ0) is 21.9. The van der Waals surface area contributed by atoms with E-state index in [2.05, 4.69) is 16.3 Å². The van der Waals surface area contributed by atoms with Crippen LogP contribution in [0.4, 0.5) is 26.3 Å². The van der Waals surface area contributed by atoms with E-state index in [0.29, 0.717) is 24.6 Å². The molecule has 1 aliphatic heterocycles. The minimum absolute atomic E-state index is 0.00846. The van der Waals surface area contributed by atoms with Gasteiger partial charge in [0.2, 0.25) is 0 Å². The van der Waals surface area contributed by atoms with Crippen LogP contribution in [0.25, 0.3) is 0 Å². The molecule has 2 aromatic rings. The molecule has 0 atom stereocenters. The Kier molecular flexibility index (Phi) is 6.76. The number of carbonyl (C=O) groups excluding carboxylic acids is 1. The fraction of sp³-hybridized carbons (Fsp3) is 0.450. The number of carbonyl (C=O) groups is 1. The molecule has 1 aromatic heterocycles. The van der Waals surface area contributed by atoms with Crippen LogP contribution in [-0.4, -0.2) is 37.0 Å². The molecule has 2 heterocycles. The zero-order valence-electron chi connectivity index (χ0n) is 15.8. The van der Waals surface area contributed by atoms with E-state index < -0.39 is 35.0 Å². The Hall–Kier alpha value is -2.07. The van der Waals surface area contributed by atoms with Gasteiger partial charge < -0.3 is 10.2 Å². The van der Waals surface area contributed by atoms with Gasteiger partial charge in [0.15, 0.2) is 0 Å². The molecule has 10 heteroatoms. The van der Waals surface area contributed by atoms with Crippen molar-refractivity contribution in [3.8, 4) is 0 Å². The van der Waals surface area contributed by atoms with Crippen molar-refractivity contribution in [3.05, 3.63) is 57.3 Å². The van der Waals surface area contributed by atoms with Crippen LogP contribution in [-0.2, 0) is 12.4 Å². The number of halogens is 6. The molecular weight excluding hydrogens is 430 g/mol. The van der Waals surface area contributed by atoms with Gasteiger partial charge in [0.25, 0.3) is 5.91 Å². The lowest BCUT2D eigenvalue weighted by atomic mass is 9.95. The number of alkyl halides is 6. The monoisotopic (exact) mass is 450 g/mol. The Bertz CT molecular complexity index is 823. The van der Waals surface area contributed by atoms with Crippen molar-refractivity contribution >= 4 is 17.2 Å². The summed E-state index contributed by atoms with van der Waals surface area (Å²) in [4.78, 5) is 15.7. The van der Waals surface area contributed by atoms with Crippen molar-refractivity contribution in [1.29, 1.82) is 0 Å². The number of hydrogen-bond acceptors (Lipinski definition) is 3. The fourth-order valence-corrected chi connectivity index (χ4v) is 4.38. The van der Waals surface area contributed by atoms with Gasteiger partial charge in [-0.3, -0.25) is 4.79 Å². The molecule has 0 spiro atoms. The molecule has 164 valence electrons. The number of nitrogens with zero attached hydrogens (tertiary/aromatic N) is 1. The molecular formula is C20H20F6N2OS. The molecule has 1 amide bonds. The molecule has 1 saturated heterocycles. The topological polar surface area (TPSA) is 32.3 Å². The number of rotatable bonds is 5. The summed E-state index contributed by atoms with van der Waals surface area (Å²) < 4.78 is 77.5. The molecule has 1 N–H and O–H groups in total. The Balaban J connectivity index is 1.56. The van der Waals surface area contributed by atoms with E-state index in [1.807, 2.05) is 11.4 Å². The molecule has 0 bridgehead atoms. The SMILES string of the molecule is O=C(NCCN1CCC(c2cccs2)CC1)c1cc(C(F)(F)F)cc(C(F)(F)F)c1. The third kappa shape index (κ3) is 5.75. The smallest absolute Gasteiger partial charge is 0.351 e. The Morgan fingerprint density at radius 2 is 1.63 bits per heavy atom. The van der Waals surface area contributed by atoms with E-state index in [0.717, 1.165) is 25.9 Å². The quantitative estimate of drug-likeness (QED) is 0.619. The first kappa shape index (κ1) is 22.6. The third-order valence-electron chi connectivity index (χ3n) is 5.10. The van der Waals surface area contributed by atoms with E-state index in [1.165, 1.54) is 4.88 Å². The van der Waals surface area contributed by atoms with Gasteiger partial charge in [-0.25, -0.2) is 0 Å². The lowest BCUT2D eigenvalue weighted by Gasteiger charge is -2.31. The molecule has 3 rings (SSSR count). The number of hydrogen-bond donors (Lipinski definition) is 1. The lowest BCUT2D eigenvalue weighted by molar-refractivity contribution is -0.143. The van der Waals surface area contributed by atoms with E-state index in [4.69, 9.17) is 0 Å². The van der Waals surface area contributed by atoms with E-state index in [9.17, 15) is 31.1 Å². The first-order valence-electron chi connectivity index (χ1n) is 9.37. The standard InChI is InChI=1S/C20H20F6N2OS/c21-19(22,23)15-10-14(11-16(12-15)20(24,25)26)18(29)27-5-8-28-6-3-13(4-7-28)17-2-1-9-30-17/h1-2,9-13H,3-8H2,(H,27,29). The van der Waals surface area contributed by atoms with Crippen LogP contribution in [0.5, 0.6) is 0 Å². The minimum atomic E-state index is -4.98. The van der Waals surface area contributed by atoms with Crippen molar-refractivity contribution in [2.24, 2.45) is 0 Å². The Morgan fingerprint density at radius 3 is 2.13 bits per heavy atom. The molecule has 1 fully saturated rings. The van der Waals surface area contributed by atoms with Crippen molar-refractivity contribution in [2.75, 3.05) is 26.2 Å². The summed E-state index contributed by atoms with van der Waals surface area (Å²) in [7, 11) is 0. The maximum absolute atomic E-state index is 12.9. The first-order chi connectivity index (χ1) is 14.0. The van der Waals surface area contributed by atoms with Gasteiger partial charge in [-0.05, 0) is 61.5 Å². The highest BCUT2D eigenvalue weighted by molar-refractivity contribution is 7.10. The Labute approximate surface area is 173 Å². The van der Waals surface area contributed by atoms with Crippen molar-refractivity contribution in [1.82, 2.24) is 10.2 Å². The predicted molar refractivity (Wildman–Crippen MR) is 102 cm³/mol. The van der Waals surface area contributed by atoms with Crippen LogP contribution in [0, 0.1) is 0 Å². The summed E-state index contributed by atoms with van der Waals surface area (Å²) in [5.74, 6) is -0.457. The van der Waals surface area contributed by atoms with Gasteiger partial charge in [0, 0.05) is 23.5 Å². The lowest BCUT2D eigenvalue weighted by Crippen LogP contribution is -2.39. The molecule has 1 aromatic carbocycles. The summed E-state index contributed by atoms with van der Waals surface area (Å²) >= 11 is 1.72. The largest absolute Gasteiger partial charge is 0.416 e. The average Bonchev–Trinajstić information content (AvgIpc) is 3.21. The molecule has 0 aliphatic carbocycles. The van der Waals surface area contributed by atoms with Crippen LogP contribution >= 0.6 is 11.3 Å². The molecule has 3 nitrogen and oxygen atoms in total. The van der Waals surface area contributed by atoms with Gasteiger partial charge in [0.1, 0.15) is 0 Å². The van der Waals surface area contributed by atoms with Crippen LogP contribution < -0.4 is 5.32 Å². The van der Waals surface area contributed by atoms with Crippen LogP contribution in [0.3, 0.4) is 0 Å². The van der Waals surface area contributed by atoms with Crippen LogP contribution in [0.15, 0.2) is 35.7 Å². The fourth-order valence-electron chi connectivity index (χ4n) is 3.48. The van der Waals surface area contributed by atoms with Crippen LogP contribution in [0.2, 0.25) is 0 Å². The number of amides is 1. The average molecular weight is 450 g/mol. The summed E-state index contributed by atoms with van der Waals surface area (Å²) in [5.41, 5.74) is -3.66. The van der Waals surface area contributed by atoms with Crippen molar-refractivity contribution in [3.63, 3.8) is 0 Å². The highest BCUT2D eigenvalue weighted by atomic mass is 32.1. The number of thiophene rings is 1. The van der Waals surface area contributed by atoms with Crippen LogP contribution in [0.1, 0.15) is 45.1 Å². The summed E-state index contributed by atoms with van der Waals surface area (Å²) in [6, 6.07) is 5.01. The van der Waals surface area contributed by atoms with Gasteiger partial charge in [-0.1, -0.05) is 6.07 Å². The second-order valence-corrected chi connectivity index (χ2v) is 8.16. The minimum Gasteiger partial charge on any atom is -0.351 e. The predicted octanol–water partition coefficient (Wildman–Crippen LogP) is 5.40. The molecule has 30 heavy (non-hydrogen) atoms. The maximum Gasteiger partial charge on any atom is 0.416 e. The van der Waals surface area contributed by atoms with Gasteiger partial charge >= 0.3 is 12.4 Å². The highest BCUT2D eigenvalue weighted by Crippen LogP contribution is 2.36. The molecule has 1 aliphatic rings. The maximum atomic E-state index is 12.9. The molecule has 0 saturated carbocycles. The van der Waals surface area contributed by atoms with Gasteiger partial charge in [-0.2, -0.15) is 26.3 Å². The van der Waals surface area contributed by atoms with Crippen molar-refractivity contribution in [2.45, 2.75) is 31.1 Å². The number of piperidine rings is 1. The number of benzene rings is 1. The van der Waals surface area contributed by atoms with Gasteiger partial charge in [0.05, 0.1) is 11.1 Å². The summed E-state index contributed by atoms with van der Waals surface area (Å²) in [6.07, 6.45) is -8.03. The normalized spacial score (nSPS) is 16.6. The second kappa shape index (κ2) is 8.97. The molecule has 0 unspecified atom stereocenters. The number of likely N-dealkylation sites (tertiary alicyclic amines) is 1. The van der Waals surface area contributed by atoms with E-state index >= 15 is 0 Å². The second-order valence-electron chi connectivity index (χ2n) is 7.18.